The Kier molecular flexibility index (Phi) is 5.96. The summed E-state index contributed by atoms with van der Waals surface area (Å²) in [6, 6.07) is 1.88. The predicted molar refractivity (Wildman–Crippen MR) is 74.4 cm³/mol. The fourth-order valence-corrected chi connectivity index (χ4v) is 1.91. The summed E-state index contributed by atoms with van der Waals surface area (Å²) < 4.78 is 13.4. The van der Waals surface area contributed by atoms with Crippen LogP contribution in [0.1, 0.15) is 6.42 Å². The Labute approximate surface area is 122 Å². The highest BCUT2D eigenvalue weighted by atomic mass is 127. The molecule has 0 aliphatic heterocycles. The average molecular weight is 382 g/mol. The number of nitrogens with one attached hydrogen (secondary N) is 2. The molecular formula is C11H12FIN2O4. The van der Waals surface area contributed by atoms with E-state index in [1.54, 1.807) is 0 Å². The number of carboxylic acid groups (broad SMARTS) is 1. The number of aliphatic hydroxyl groups is 1. The molecule has 6 nitrogen and oxygen atoms in total. The zero-order valence-corrected chi connectivity index (χ0v) is 11.8. The molecule has 1 atom stereocenters. The molecular weight excluding hydrogens is 370 g/mol. The molecule has 0 spiro atoms. The van der Waals surface area contributed by atoms with Gasteiger partial charge in [0.05, 0.1) is 5.69 Å². The lowest BCUT2D eigenvalue weighted by Gasteiger charge is -2.14. The molecule has 19 heavy (non-hydrogen) atoms. The number of hydrogen-bond acceptors (Lipinski definition) is 3. The van der Waals surface area contributed by atoms with E-state index >= 15 is 0 Å². The van der Waals surface area contributed by atoms with Crippen molar-refractivity contribution in [3.63, 3.8) is 0 Å². The number of aliphatic carboxylic acids is 1. The van der Waals surface area contributed by atoms with Crippen molar-refractivity contribution in [1.82, 2.24) is 5.32 Å². The van der Waals surface area contributed by atoms with Crippen molar-refractivity contribution >= 4 is 40.3 Å². The molecule has 0 radical (unpaired) electrons. The van der Waals surface area contributed by atoms with Crippen LogP contribution in [0.5, 0.6) is 0 Å². The second kappa shape index (κ2) is 7.24. The number of carbonyl (C=O) groups is 2. The van der Waals surface area contributed by atoms with E-state index in [-0.39, 0.29) is 13.0 Å². The molecule has 0 bridgehead atoms. The fraction of sp³-hybridized carbons (Fsp3) is 0.273. The highest BCUT2D eigenvalue weighted by Crippen LogP contribution is 2.18. The summed E-state index contributed by atoms with van der Waals surface area (Å²) in [5, 5.41) is 22.1. The molecule has 0 aliphatic carbocycles. The average Bonchev–Trinajstić information content (AvgIpc) is 2.32. The summed E-state index contributed by atoms with van der Waals surface area (Å²) in [6.07, 6.45) is -0.0940. The van der Waals surface area contributed by atoms with Gasteiger partial charge in [0, 0.05) is 16.6 Å². The van der Waals surface area contributed by atoms with Crippen LogP contribution in [0.3, 0.4) is 0 Å². The summed E-state index contributed by atoms with van der Waals surface area (Å²) in [6.45, 7) is -0.356. The van der Waals surface area contributed by atoms with Gasteiger partial charge in [-0.2, -0.15) is 0 Å². The van der Waals surface area contributed by atoms with Crippen molar-refractivity contribution in [1.29, 1.82) is 0 Å². The normalized spacial score (nSPS) is 11.7. The monoisotopic (exact) mass is 382 g/mol. The molecule has 8 heteroatoms. The van der Waals surface area contributed by atoms with Gasteiger partial charge >= 0.3 is 12.0 Å². The minimum Gasteiger partial charge on any atom is -0.480 e. The third-order valence-electron chi connectivity index (χ3n) is 2.20. The molecule has 0 aliphatic rings. The molecule has 0 saturated heterocycles. The van der Waals surface area contributed by atoms with Crippen molar-refractivity contribution < 1.29 is 24.2 Å². The van der Waals surface area contributed by atoms with E-state index in [0.717, 1.165) is 0 Å². The first-order chi connectivity index (χ1) is 8.93. The Morgan fingerprint density at radius 3 is 2.63 bits per heavy atom. The largest absolute Gasteiger partial charge is 0.480 e. The topological polar surface area (TPSA) is 98.7 Å². The van der Waals surface area contributed by atoms with E-state index in [2.05, 4.69) is 10.6 Å². The number of halogens is 2. The van der Waals surface area contributed by atoms with Crippen LogP contribution in [0.25, 0.3) is 0 Å². The fourth-order valence-electron chi connectivity index (χ4n) is 1.29. The maximum absolute atomic E-state index is 12.9. The molecule has 4 N–H and O–H groups in total. The third-order valence-corrected chi connectivity index (χ3v) is 3.09. The molecule has 0 aromatic heterocycles. The molecule has 0 heterocycles. The molecule has 1 unspecified atom stereocenters. The molecule has 0 saturated carbocycles. The quantitative estimate of drug-likeness (QED) is 0.579. The summed E-state index contributed by atoms with van der Waals surface area (Å²) in [5.41, 5.74) is 0.368. The van der Waals surface area contributed by atoms with Crippen LogP contribution >= 0.6 is 22.6 Å². The third kappa shape index (κ3) is 4.99. The summed E-state index contributed by atoms with van der Waals surface area (Å²) >= 11 is 1.84. The Morgan fingerprint density at radius 2 is 2.11 bits per heavy atom. The van der Waals surface area contributed by atoms with Gasteiger partial charge in [-0.15, -0.1) is 0 Å². The van der Waals surface area contributed by atoms with Crippen LogP contribution in [-0.2, 0) is 4.79 Å². The zero-order chi connectivity index (χ0) is 14.4. The highest BCUT2D eigenvalue weighted by Gasteiger charge is 2.19. The number of anilines is 1. The number of urea groups is 1. The maximum atomic E-state index is 12.9. The van der Waals surface area contributed by atoms with Crippen LogP contribution in [0.15, 0.2) is 18.2 Å². The van der Waals surface area contributed by atoms with Crippen molar-refractivity contribution in [2.24, 2.45) is 0 Å². The van der Waals surface area contributed by atoms with Gasteiger partial charge in [-0.1, -0.05) is 0 Å². The maximum Gasteiger partial charge on any atom is 0.326 e. The summed E-state index contributed by atoms with van der Waals surface area (Å²) in [5.74, 6) is -1.67. The lowest BCUT2D eigenvalue weighted by Crippen LogP contribution is -2.43. The molecule has 1 aromatic carbocycles. The Morgan fingerprint density at radius 1 is 1.42 bits per heavy atom. The van der Waals surface area contributed by atoms with Crippen LogP contribution in [-0.4, -0.2) is 34.9 Å². The second-order valence-electron chi connectivity index (χ2n) is 3.63. The van der Waals surface area contributed by atoms with E-state index in [1.807, 2.05) is 22.6 Å². The summed E-state index contributed by atoms with van der Waals surface area (Å²) in [4.78, 5) is 22.4. The Hall–Kier alpha value is -1.42. The Balaban J connectivity index is 2.66. The van der Waals surface area contributed by atoms with Crippen molar-refractivity contribution in [3.05, 3.63) is 27.6 Å². The predicted octanol–water partition coefficient (Wildman–Crippen LogP) is 1.39. The van der Waals surface area contributed by atoms with E-state index in [9.17, 15) is 14.0 Å². The van der Waals surface area contributed by atoms with Gasteiger partial charge in [0.2, 0.25) is 0 Å². The van der Waals surface area contributed by atoms with Crippen molar-refractivity contribution in [2.75, 3.05) is 11.9 Å². The first-order valence-corrected chi connectivity index (χ1v) is 6.38. The number of carbonyl (C=O) groups excluding carboxylic acids is 1. The lowest BCUT2D eigenvalue weighted by molar-refractivity contribution is -0.139. The molecule has 1 aromatic rings. The number of carboxylic acids is 1. The standard InChI is InChI=1S/C11H12FIN2O4/c12-6-1-2-8(7(13)5-6)14-11(19)15-9(3-4-16)10(17)18/h1-2,5,9,16H,3-4H2,(H,17,18)(H2,14,15,19). The Bertz CT molecular complexity index is 484. The lowest BCUT2D eigenvalue weighted by atomic mass is 10.2. The van der Waals surface area contributed by atoms with Crippen LogP contribution in [0, 0.1) is 9.39 Å². The van der Waals surface area contributed by atoms with E-state index in [4.69, 9.17) is 10.2 Å². The number of benzene rings is 1. The first kappa shape index (κ1) is 15.6. The van der Waals surface area contributed by atoms with Crippen LogP contribution in [0.2, 0.25) is 0 Å². The van der Waals surface area contributed by atoms with Crippen LogP contribution in [0.4, 0.5) is 14.9 Å². The second-order valence-corrected chi connectivity index (χ2v) is 4.79. The summed E-state index contributed by atoms with van der Waals surface area (Å²) in [7, 11) is 0. The number of hydrogen-bond donors (Lipinski definition) is 4. The highest BCUT2D eigenvalue weighted by molar-refractivity contribution is 14.1. The van der Waals surface area contributed by atoms with Gasteiger partial charge in [-0.25, -0.2) is 14.0 Å². The van der Waals surface area contributed by atoms with Crippen molar-refractivity contribution in [2.45, 2.75) is 12.5 Å². The van der Waals surface area contributed by atoms with Gasteiger partial charge in [0.25, 0.3) is 0 Å². The zero-order valence-electron chi connectivity index (χ0n) is 9.69. The first-order valence-electron chi connectivity index (χ1n) is 5.30. The smallest absolute Gasteiger partial charge is 0.326 e. The van der Waals surface area contributed by atoms with E-state index in [0.29, 0.717) is 9.26 Å². The van der Waals surface area contributed by atoms with Gasteiger partial charge in [0.15, 0.2) is 0 Å². The van der Waals surface area contributed by atoms with Gasteiger partial charge in [-0.3, -0.25) is 0 Å². The number of aliphatic hydroxyl groups excluding tert-OH is 1. The minimum absolute atomic E-state index is 0.0940. The number of amides is 2. The number of rotatable bonds is 5. The molecule has 104 valence electrons. The molecule has 0 fully saturated rings. The van der Waals surface area contributed by atoms with E-state index < -0.39 is 23.9 Å². The molecule has 1 rings (SSSR count). The van der Waals surface area contributed by atoms with Gasteiger partial charge in [0.1, 0.15) is 11.9 Å². The van der Waals surface area contributed by atoms with E-state index in [1.165, 1.54) is 18.2 Å². The van der Waals surface area contributed by atoms with Crippen LogP contribution < -0.4 is 10.6 Å². The minimum atomic E-state index is -1.24. The molecule has 2 amide bonds. The van der Waals surface area contributed by atoms with Gasteiger partial charge < -0.3 is 20.8 Å². The van der Waals surface area contributed by atoms with Crippen molar-refractivity contribution in [3.8, 4) is 0 Å². The SMILES string of the molecule is O=C(Nc1ccc(F)cc1I)NC(CCO)C(=O)O. The van der Waals surface area contributed by atoms with Gasteiger partial charge in [-0.05, 0) is 40.8 Å².